The molecule has 0 bridgehead atoms. The molecule has 1 heterocycles. The fraction of sp³-hybridized carbons (Fsp3) is 0.150. The Hall–Kier alpha value is -3.26. The van der Waals surface area contributed by atoms with Crippen LogP contribution in [0.15, 0.2) is 70.2 Å². The molecule has 0 radical (unpaired) electrons. The highest BCUT2D eigenvalue weighted by atomic mass is 32.2. The minimum absolute atomic E-state index is 0.0361. The van der Waals surface area contributed by atoms with Crippen LogP contribution in [0.2, 0.25) is 0 Å². The Morgan fingerprint density at radius 3 is 2.50 bits per heavy atom. The van der Waals surface area contributed by atoms with E-state index in [-0.39, 0.29) is 17.0 Å². The normalized spacial score (nSPS) is 11.1. The molecule has 0 atom stereocenters. The third-order valence-corrected chi connectivity index (χ3v) is 5.61. The van der Waals surface area contributed by atoms with Gasteiger partial charge in [-0.25, -0.2) is 8.42 Å². The van der Waals surface area contributed by atoms with E-state index in [0.717, 1.165) is 0 Å². The molecule has 0 unspecified atom stereocenters. The van der Waals surface area contributed by atoms with Crippen molar-refractivity contribution >= 4 is 21.6 Å². The molecule has 0 saturated heterocycles. The Balaban J connectivity index is 1.79. The van der Waals surface area contributed by atoms with Crippen molar-refractivity contribution in [2.45, 2.75) is 18.4 Å². The fourth-order valence-electron chi connectivity index (χ4n) is 2.58. The van der Waals surface area contributed by atoms with Crippen LogP contribution in [0.5, 0.6) is 5.75 Å². The van der Waals surface area contributed by atoms with Crippen LogP contribution in [0.25, 0.3) is 0 Å². The van der Waals surface area contributed by atoms with E-state index in [0.29, 0.717) is 22.8 Å². The van der Waals surface area contributed by atoms with Crippen molar-refractivity contribution in [1.29, 1.82) is 0 Å². The summed E-state index contributed by atoms with van der Waals surface area (Å²) in [7, 11) is -2.33. The Morgan fingerprint density at radius 1 is 1.11 bits per heavy atom. The molecule has 3 aromatic rings. The van der Waals surface area contributed by atoms with E-state index in [9.17, 15) is 13.2 Å². The quantitative estimate of drug-likeness (QED) is 0.634. The van der Waals surface area contributed by atoms with E-state index in [1.165, 1.54) is 19.4 Å². The van der Waals surface area contributed by atoms with Gasteiger partial charge in [-0.15, -0.1) is 0 Å². The maximum atomic E-state index is 12.8. The van der Waals surface area contributed by atoms with Crippen LogP contribution >= 0.6 is 0 Å². The number of anilines is 1. The molecule has 28 heavy (non-hydrogen) atoms. The molecule has 146 valence electrons. The average Bonchev–Trinajstić information content (AvgIpc) is 3.20. The van der Waals surface area contributed by atoms with Crippen LogP contribution in [0.1, 0.15) is 21.7 Å². The van der Waals surface area contributed by atoms with Crippen molar-refractivity contribution < 1.29 is 22.4 Å². The van der Waals surface area contributed by atoms with Crippen LogP contribution in [0.4, 0.5) is 5.69 Å². The minimum Gasteiger partial charge on any atom is -0.497 e. The van der Waals surface area contributed by atoms with E-state index in [4.69, 9.17) is 9.15 Å². The van der Waals surface area contributed by atoms with Gasteiger partial charge in [0.15, 0.2) is 0 Å². The van der Waals surface area contributed by atoms with Gasteiger partial charge in [-0.05, 0) is 61.0 Å². The van der Waals surface area contributed by atoms with E-state index < -0.39 is 15.9 Å². The highest BCUT2D eigenvalue weighted by Crippen LogP contribution is 2.22. The third-order valence-electron chi connectivity index (χ3n) is 4.09. The van der Waals surface area contributed by atoms with Crippen molar-refractivity contribution in [2.24, 2.45) is 0 Å². The summed E-state index contributed by atoms with van der Waals surface area (Å²) >= 11 is 0. The first-order valence-corrected chi connectivity index (χ1v) is 9.95. The number of nitrogens with one attached hydrogen (secondary N) is 2. The van der Waals surface area contributed by atoms with Gasteiger partial charge in [0.1, 0.15) is 11.5 Å². The first kappa shape index (κ1) is 19.5. The largest absolute Gasteiger partial charge is 0.497 e. The summed E-state index contributed by atoms with van der Waals surface area (Å²) in [5, 5.41) is 2.70. The van der Waals surface area contributed by atoms with Crippen molar-refractivity contribution in [3.05, 3.63) is 77.7 Å². The van der Waals surface area contributed by atoms with Gasteiger partial charge in [0.25, 0.3) is 15.9 Å². The Morgan fingerprint density at radius 2 is 1.86 bits per heavy atom. The second-order valence-electron chi connectivity index (χ2n) is 6.08. The molecular formula is C20H20N2O5S. The summed E-state index contributed by atoms with van der Waals surface area (Å²) < 4.78 is 38.4. The zero-order chi connectivity index (χ0) is 20.1. The van der Waals surface area contributed by atoms with Crippen LogP contribution in [-0.4, -0.2) is 21.4 Å². The number of carbonyl (C=O) groups is 1. The van der Waals surface area contributed by atoms with E-state index >= 15 is 0 Å². The fourth-order valence-corrected chi connectivity index (χ4v) is 3.91. The number of sulfonamides is 1. The number of benzene rings is 2. The summed E-state index contributed by atoms with van der Waals surface area (Å²) in [6.45, 7) is 1.89. The van der Waals surface area contributed by atoms with Gasteiger partial charge >= 0.3 is 0 Å². The smallest absolute Gasteiger partial charge is 0.262 e. The van der Waals surface area contributed by atoms with E-state index in [1.807, 2.05) is 0 Å². The lowest BCUT2D eigenvalue weighted by molar-refractivity contribution is 0.0948. The molecule has 0 fully saturated rings. The van der Waals surface area contributed by atoms with Crippen molar-refractivity contribution in [2.75, 3.05) is 11.8 Å². The molecule has 0 aliphatic carbocycles. The maximum absolute atomic E-state index is 12.8. The predicted molar refractivity (Wildman–Crippen MR) is 105 cm³/mol. The molecule has 0 aliphatic heterocycles. The van der Waals surface area contributed by atoms with Crippen molar-refractivity contribution in [1.82, 2.24) is 5.32 Å². The highest BCUT2D eigenvalue weighted by molar-refractivity contribution is 7.92. The number of amides is 1. The lowest BCUT2D eigenvalue weighted by Gasteiger charge is -2.12. The molecule has 0 spiro atoms. The third kappa shape index (κ3) is 4.52. The standard InChI is InChI=1S/C20H20N2O5S/c1-14-5-6-15(20(23)21-13-18-4-3-11-27-18)12-19(14)28(24,25)22-16-7-9-17(26-2)10-8-16/h3-12,22H,13H2,1-2H3,(H,21,23). The van der Waals surface area contributed by atoms with Gasteiger partial charge < -0.3 is 14.5 Å². The number of ether oxygens (including phenoxy) is 1. The molecule has 1 aromatic heterocycles. The number of hydrogen-bond acceptors (Lipinski definition) is 5. The van der Waals surface area contributed by atoms with Gasteiger partial charge in [0, 0.05) is 11.3 Å². The molecule has 0 saturated carbocycles. The second kappa shape index (κ2) is 8.18. The highest BCUT2D eigenvalue weighted by Gasteiger charge is 2.19. The van der Waals surface area contributed by atoms with Crippen LogP contribution in [0, 0.1) is 6.92 Å². The summed E-state index contributed by atoms with van der Waals surface area (Å²) in [5.41, 5.74) is 1.17. The van der Waals surface area contributed by atoms with Gasteiger partial charge in [0.05, 0.1) is 24.8 Å². The molecular weight excluding hydrogens is 380 g/mol. The first-order chi connectivity index (χ1) is 13.4. The summed E-state index contributed by atoms with van der Waals surface area (Å²) in [4.78, 5) is 12.4. The second-order valence-corrected chi connectivity index (χ2v) is 7.73. The molecule has 8 heteroatoms. The van der Waals surface area contributed by atoms with Gasteiger partial charge in [-0.2, -0.15) is 0 Å². The van der Waals surface area contributed by atoms with Crippen LogP contribution in [-0.2, 0) is 16.6 Å². The minimum atomic E-state index is -3.87. The number of methoxy groups -OCH3 is 1. The average molecular weight is 400 g/mol. The molecule has 7 nitrogen and oxygen atoms in total. The lowest BCUT2D eigenvalue weighted by Crippen LogP contribution is -2.23. The zero-order valence-electron chi connectivity index (χ0n) is 15.4. The van der Waals surface area contributed by atoms with Gasteiger partial charge in [-0.3, -0.25) is 9.52 Å². The Kier molecular flexibility index (Phi) is 5.70. The molecule has 2 aromatic carbocycles. The molecule has 1 amide bonds. The van der Waals surface area contributed by atoms with E-state index in [2.05, 4.69) is 10.0 Å². The SMILES string of the molecule is COc1ccc(NS(=O)(=O)c2cc(C(=O)NCc3ccco3)ccc2C)cc1. The Bertz CT molecular complexity index is 1060. The summed E-state index contributed by atoms with van der Waals surface area (Å²) in [6.07, 6.45) is 1.52. The van der Waals surface area contributed by atoms with Gasteiger partial charge in [-0.1, -0.05) is 6.07 Å². The van der Waals surface area contributed by atoms with E-state index in [1.54, 1.807) is 55.5 Å². The van der Waals surface area contributed by atoms with Crippen LogP contribution in [0.3, 0.4) is 0 Å². The Labute approximate surface area is 163 Å². The summed E-state index contributed by atoms with van der Waals surface area (Å²) in [6, 6.07) is 14.5. The number of aryl methyl sites for hydroxylation is 1. The summed E-state index contributed by atoms with van der Waals surface area (Å²) in [5.74, 6) is 0.834. The predicted octanol–water partition coefficient (Wildman–Crippen LogP) is 3.33. The van der Waals surface area contributed by atoms with Crippen molar-refractivity contribution in [3.8, 4) is 5.75 Å². The molecule has 2 N–H and O–H groups in total. The monoisotopic (exact) mass is 400 g/mol. The van der Waals surface area contributed by atoms with Crippen molar-refractivity contribution in [3.63, 3.8) is 0 Å². The maximum Gasteiger partial charge on any atom is 0.262 e. The molecule has 0 aliphatic rings. The zero-order valence-corrected chi connectivity index (χ0v) is 16.2. The lowest BCUT2D eigenvalue weighted by atomic mass is 10.1. The first-order valence-electron chi connectivity index (χ1n) is 8.47. The number of hydrogen-bond donors (Lipinski definition) is 2. The topological polar surface area (TPSA) is 97.6 Å². The van der Waals surface area contributed by atoms with Crippen LogP contribution < -0.4 is 14.8 Å². The molecule has 3 rings (SSSR count). The number of furan rings is 1. The van der Waals surface area contributed by atoms with Gasteiger partial charge in [0.2, 0.25) is 0 Å². The number of rotatable bonds is 7. The number of carbonyl (C=O) groups excluding carboxylic acids is 1.